The maximum absolute atomic E-state index is 14.1. The summed E-state index contributed by atoms with van der Waals surface area (Å²) >= 11 is 1.41. The number of nitrogens with zero attached hydrogens (tertiary/aromatic N) is 6. The van der Waals surface area contributed by atoms with E-state index < -0.39 is 58.7 Å². The van der Waals surface area contributed by atoms with E-state index in [0.717, 1.165) is 22.6 Å². The van der Waals surface area contributed by atoms with Gasteiger partial charge in [-0.2, -0.15) is 18.3 Å². The summed E-state index contributed by atoms with van der Waals surface area (Å²) in [6.45, 7) is 1.15. The number of benzene rings is 3. The van der Waals surface area contributed by atoms with Gasteiger partial charge in [-0.25, -0.2) is 36.0 Å². The van der Waals surface area contributed by atoms with Gasteiger partial charge < -0.3 is 20.4 Å². The number of nitrogens with one attached hydrogen (secondary N) is 3. The smallest absolute Gasteiger partial charge is 0.380 e. The second kappa shape index (κ2) is 18.1. The highest BCUT2D eigenvalue weighted by Gasteiger charge is 2.48. The van der Waals surface area contributed by atoms with Gasteiger partial charge in [-0.1, -0.05) is 36.4 Å². The lowest BCUT2D eigenvalue weighted by Gasteiger charge is -2.31. The van der Waals surface area contributed by atoms with E-state index in [2.05, 4.69) is 25.7 Å². The summed E-state index contributed by atoms with van der Waals surface area (Å²) in [5, 5.41) is 9.89. The van der Waals surface area contributed by atoms with Gasteiger partial charge in [0.05, 0.1) is 16.8 Å². The van der Waals surface area contributed by atoms with Crippen molar-refractivity contribution in [2.24, 2.45) is 0 Å². The number of anilines is 3. The lowest BCUT2D eigenvalue weighted by Crippen LogP contribution is -2.34. The molecule has 324 valence electrons. The second-order valence-electron chi connectivity index (χ2n) is 14.5. The molecule has 7 rings (SSSR count). The topological polar surface area (TPSA) is 188 Å². The van der Waals surface area contributed by atoms with E-state index in [4.69, 9.17) is 0 Å². The molecule has 1 aliphatic rings. The fourth-order valence-electron chi connectivity index (χ4n) is 6.70. The third kappa shape index (κ3) is 10.0. The van der Waals surface area contributed by atoms with Crippen molar-refractivity contribution in [1.82, 2.24) is 29.2 Å². The van der Waals surface area contributed by atoms with Gasteiger partial charge in [0.25, 0.3) is 31.7 Å². The molecule has 0 saturated carbocycles. The number of sulfonamides is 1. The number of fused-ring (bicyclic) bond motifs is 2. The standard InChI is InChI=1S/C41H40F3N9O6S3/c1-51(2)21-19-28(26-60-29-10-4-3-5-11-29)46-33-17-16-30(23-35(33)61(56,57)41(42,43)44)62(58,59)50-40(55)34-13-7-14-37(47-34)52-22-18-27-9-6-12-31(32(27)24-52)39(54)49-36-25-53-38(48-36)15-8-20-45-53/h3-17,20,23,25,28,46H,18-19,21-22,24,26H2,1-2H3,(H,49,54)(H,50,55)/t28-/m1/s1. The van der Waals surface area contributed by atoms with Gasteiger partial charge in [0.1, 0.15) is 16.4 Å². The zero-order valence-corrected chi connectivity index (χ0v) is 35.7. The number of carbonyl (C=O) groups is 2. The Morgan fingerprint density at radius 3 is 2.42 bits per heavy atom. The second-order valence-corrected chi connectivity index (χ2v) is 19.2. The number of aromatic nitrogens is 4. The molecule has 0 radical (unpaired) electrons. The summed E-state index contributed by atoms with van der Waals surface area (Å²) in [7, 11) is -7.42. The Labute approximate surface area is 359 Å². The molecule has 21 heteroatoms. The van der Waals surface area contributed by atoms with Crippen LogP contribution < -0.4 is 20.3 Å². The van der Waals surface area contributed by atoms with Crippen molar-refractivity contribution in [3.63, 3.8) is 0 Å². The Morgan fingerprint density at radius 2 is 1.68 bits per heavy atom. The van der Waals surface area contributed by atoms with E-state index in [0.29, 0.717) is 60.3 Å². The largest absolute Gasteiger partial charge is 0.501 e. The average molecular weight is 908 g/mol. The molecule has 15 nitrogen and oxygen atoms in total. The summed E-state index contributed by atoms with van der Waals surface area (Å²) in [4.78, 5) is 38.1. The minimum Gasteiger partial charge on any atom is -0.380 e. The van der Waals surface area contributed by atoms with Gasteiger partial charge in [-0.05, 0) is 105 Å². The number of alkyl halides is 3. The van der Waals surface area contributed by atoms with Crippen LogP contribution in [-0.4, -0.2) is 97.6 Å². The SMILES string of the molecule is CN(C)CC[C@H](CSc1ccccc1)Nc1ccc(S(=O)(=O)NC(=O)c2cccc(N3CCc4cccc(C(=O)Nc5cn6ncccc6n5)c4C3)n2)cc1S(=O)(=O)C(F)(F)F. The highest BCUT2D eigenvalue weighted by atomic mass is 32.2. The molecule has 0 aliphatic carbocycles. The van der Waals surface area contributed by atoms with Crippen molar-refractivity contribution in [1.29, 1.82) is 0 Å². The number of pyridine rings is 1. The first-order valence-electron chi connectivity index (χ1n) is 19.0. The van der Waals surface area contributed by atoms with Crippen molar-refractivity contribution >= 4 is 66.4 Å². The van der Waals surface area contributed by atoms with Crippen LogP contribution in [0.1, 0.15) is 38.4 Å². The molecule has 62 heavy (non-hydrogen) atoms. The van der Waals surface area contributed by atoms with Gasteiger partial charge in [-0.3, -0.25) is 9.59 Å². The van der Waals surface area contributed by atoms with E-state index in [1.165, 1.54) is 28.4 Å². The van der Waals surface area contributed by atoms with Crippen LogP contribution in [0, 0.1) is 0 Å². The molecule has 6 aromatic rings. The summed E-state index contributed by atoms with van der Waals surface area (Å²) < 4.78 is 98.8. The van der Waals surface area contributed by atoms with E-state index in [1.54, 1.807) is 42.7 Å². The maximum atomic E-state index is 14.1. The van der Waals surface area contributed by atoms with E-state index in [1.807, 2.05) is 65.0 Å². The molecule has 3 N–H and O–H groups in total. The lowest BCUT2D eigenvalue weighted by molar-refractivity contribution is -0.0436. The fraction of sp³-hybridized carbons (Fsp3) is 0.244. The van der Waals surface area contributed by atoms with Crippen LogP contribution in [0.25, 0.3) is 5.65 Å². The Morgan fingerprint density at radius 1 is 0.903 bits per heavy atom. The summed E-state index contributed by atoms with van der Waals surface area (Å²) in [6.07, 6.45) is 4.09. The van der Waals surface area contributed by atoms with Crippen molar-refractivity contribution in [2.45, 2.75) is 45.6 Å². The molecule has 0 saturated heterocycles. The van der Waals surface area contributed by atoms with Crippen molar-refractivity contribution in [3.05, 3.63) is 132 Å². The summed E-state index contributed by atoms with van der Waals surface area (Å²) in [6, 6.07) is 24.1. The van der Waals surface area contributed by atoms with Gasteiger partial charge in [-0.15, -0.1) is 11.8 Å². The average Bonchev–Trinajstić information content (AvgIpc) is 3.66. The molecule has 0 fully saturated rings. The molecule has 3 aromatic carbocycles. The number of imidazole rings is 1. The molecular formula is C41H40F3N9O6S3. The first-order valence-corrected chi connectivity index (χ1v) is 23.0. The number of thioether (sulfide) groups is 1. The zero-order valence-electron chi connectivity index (χ0n) is 33.2. The number of carbonyl (C=O) groups excluding carboxylic acids is 2. The van der Waals surface area contributed by atoms with Crippen molar-refractivity contribution in [3.8, 4) is 0 Å². The predicted octanol–water partition coefficient (Wildman–Crippen LogP) is 5.88. The van der Waals surface area contributed by atoms with E-state index in [-0.39, 0.29) is 18.1 Å². The van der Waals surface area contributed by atoms with Crippen LogP contribution in [0.15, 0.2) is 124 Å². The molecule has 3 aromatic heterocycles. The number of sulfone groups is 1. The van der Waals surface area contributed by atoms with Crippen LogP contribution in [0.4, 0.5) is 30.5 Å². The number of hydrogen-bond acceptors (Lipinski definition) is 13. The molecular weight excluding hydrogens is 868 g/mol. The molecule has 0 bridgehead atoms. The minimum atomic E-state index is -6.09. The van der Waals surface area contributed by atoms with Gasteiger partial charge >= 0.3 is 5.51 Å². The number of halogens is 3. The first-order chi connectivity index (χ1) is 29.5. The third-order valence-corrected chi connectivity index (χ3v) is 13.9. The molecule has 1 atom stereocenters. The van der Waals surface area contributed by atoms with Crippen molar-refractivity contribution in [2.75, 3.05) is 48.5 Å². The minimum absolute atomic E-state index is 0.208. The fourth-order valence-corrected chi connectivity index (χ4v) is 9.71. The Balaban J connectivity index is 1.10. The Hall–Kier alpha value is -6.03. The van der Waals surface area contributed by atoms with Crippen LogP contribution in [0.2, 0.25) is 0 Å². The van der Waals surface area contributed by atoms with Gasteiger partial charge in [0.15, 0.2) is 11.5 Å². The normalized spacial score (nSPS) is 13.7. The van der Waals surface area contributed by atoms with Crippen LogP contribution in [-0.2, 0) is 32.8 Å². The maximum Gasteiger partial charge on any atom is 0.501 e. The van der Waals surface area contributed by atoms with Crippen molar-refractivity contribution < 1.29 is 39.6 Å². The highest BCUT2D eigenvalue weighted by molar-refractivity contribution is 7.99. The quantitative estimate of drug-likeness (QED) is 0.104. The number of rotatable bonds is 15. The Kier molecular flexibility index (Phi) is 12.9. The highest BCUT2D eigenvalue weighted by Crippen LogP contribution is 2.37. The molecule has 1 aliphatic heterocycles. The third-order valence-electron chi connectivity index (χ3n) is 9.85. The van der Waals surface area contributed by atoms with Crippen LogP contribution >= 0.6 is 11.8 Å². The van der Waals surface area contributed by atoms with Crippen LogP contribution in [0.5, 0.6) is 0 Å². The first kappa shape index (κ1) is 44.0. The molecule has 4 heterocycles. The summed E-state index contributed by atoms with van der Waals surface area (Å²) in [5.41, 5.74) is -4.00. The van der Waals surface area contributed by atoms with E-state index >= 15 is 0 Å². The lowest BCUT2D eigenvalue weighted by atomic mass is 9.94. The van der Waals surface area contributed by atoms with Gasteiger partial charge in [0.2, 0.25) is 0 Å². The van der Waals surface area contributed by atoms with E-state index in [9.17, 15) is 39.6 Å². The zero-order chi connectivity index (χ0) is 44.2. The monoisotopic (exact) mass is 907 g/mol. The number of amides is 2. The Bertz CT molecular complexity index is 2810. The molecule has 2 amide bonds. The van der Waals surface area contributed by atoms with Gasteiger partial charge in [0, 0.05) is 41.5 Å². The molecule has 0 spiro atoms. The molecule has 0 unspecified atom stereocenters. The van der Waals surface area contributed by atoms with Crippen LogP contribution in [0.3, 0.4) is 0 Å². The predicted molar refractivity (Wildman–Crippen MR) is 228 cm³/mol. The number of hydrogen-bond donors (Lipinski definition) is 3. The summed E-state index contributed by atoms with van der Waals surface area (Å²) in [5.74, 6) is -0.688.